The van der Waals surface area contributed by atoms with Crippen LogP contribution in [0.3, 0.4) is 0 Å². The SMILES string of the molecule is CNCCC1CCN(C(=O)CC(C)NC(=O)C2CCCCC2)CC1. The zero-order valence-electron chi connectivity index (χ0n) is 15.5. The molecule has 1 aliphatic heterocycles. The molecular weight excluding hydrogens is 302 g/mol. The Kier molecular flexibility index (Phi) is 8.03. The Morgan fingerprint density at radius 3 is 2.38 bits per heavy atom. The fraction of sp³-hybridized carbons (Fsp3) is 0.895. The van der Waals surface area contributed by atoms with Crippen LogP contribution in [0, 0.1) is 11.8 Å². The first-order valence-electron chi connectivity index (χ1n) is 9.83. The van der Waals surface area contributed by atoms with Gasteiger partial charge in [0.05, 0.1) is 0 Å². The van der Waals surface area contributed by atoms with Crippen molar-refractivity contribution in [1.29, 1.82) is 0 Å². The minimum atomic E-state index is -0.0612. The zero-order chi connectivity index (χ0) is 17.4. The predicted molar refractivity (Wildman–Crippen MR) is 96.6 cm³/mol. The largest absolute Gasteiger partial charge is 0.353 e. The van der Waals surface area contributed by atoms with Crippen LogP contribution in [0.15, 0.2) is 0 Å². The molecule has 2 fully saturated rings. The zero-order valence-corrected chi connectivity index (χ0v) is 15.5. The Hall–Kier alpha value is -1.10. The second-order valence-electron chi connectivity index (χ2n) is 7.67. The van der Waals surface area contributed by atoms with Crippen LogP contribution in [0.1, 0.15) is 64.7 Å². The molecule has 0 aromatic rings. The number of nitrogens with zero attached hydrogens (tertiary/aromatic N) is 1. The number of likely N-dealkylation sites (tertiary alicyclic amines) is 1. The molecule has 5 nitrogen and oxygen atoms in total. The van der Waals surface area contributed by atoms with Crippen molar-refractivity contribution in [2.45, 2.75) is 70.8 Å². The summed E-state index contributed by atoms with van der Waals surface area (Å²) in [7, 11) is 1.99. The molecule has 0 bridgehead atoms. The lowest BCUT2D eigenvalue weighted by Gasteiger charge is -2.33. The molecule has 1 aliphatic carbocycles. The number of nitrogens with one attached hydrogen (secondary N) is 2. The molecule has 2 N–H and O–H groups in total. The van der Waals surface area contributed by atoms with E-state index in [2.05, 4.69) is 10.6 Å². The summed E-state index contributed by atoms with van der Waals surface area (Å²) in [5, 5.41) is 6.26. The molecule has 2 rings (SSSR count). The van der Waals surface area contributed by atoms with E-state index in [1.807, 2.05) is 18.9 Å². The van der Waals surface area contributed by atoms with Crippen molar-refractivity contribution in [3.63, 3.8) is 0 Å². The first-order valence-corrected chi connectivity index (χ1v) is 9.83. The number of piperidine rings is 1. The lowest BCUT2D eigenvalue weighted by Crippen LogP contribution is -2.44. The number of hydrogen-bond acceptors (Lipinski definition) is 3. The van der Waals surface area contributed by atoms with Crippen LogP contribution in [0.25, 0.3) is 0 Å². The molecule has 24 heavy (non-hydrogen) atoms. The van der Waals surface area contributed by atoms with Crippen LogP contribution >= 0.6 is 0 Å². The molecule has 1 saturated heterocycles. The monoisotopic (exact) mass is 337 g/mol. The van der Waals surface area contributed by atoms with E-state index in [-0.39, 0.29) is 23.8 Å². The first-order chi connectivity index (χ1) is 11.6. The summed E-state index contributed by atoms with van der Waals surface area (Å²) in [6, 6.07) is -0.0612. The van der Waals surface area contributed by atoms with Crippen LogP contribution < -0.4 is 10.6 Å². The highest BCUT2D eigenvalue weighted by atomic mass is 16.2. The Morgan fingerprint density at radius 1 is 1.08 bits per heavy atom. The Morgan fingerprint density at radius 2 is 1.75 bits per heavy atom. The van der Waals surface area contributed by atoms with Gasteiger partial charge in [-0.3, -0.25) is 9.59 Å². The van der Waals surface area contributed by atoms with Crippen molar-refractivity contribution in [3.8, 4) is 0 Å². The molecule has 2 amide bonds. The quantitative estimate of drug-likeness (QED) is 0.749. The summed E-state index contributed by atoms with van der Waals surface area (Å²) in [5.74, 6) is 1.25. The van der Waals surface area contributed by atoms with Gasteiger partial charge in [-0.05, 0) is 58.5 Å². The van der Waals surface area contributed by atoms with Crippen molar-refractivity contribution in [2.24, 2.45) is 11.8 Å². The molecule has 138 valence electrons. The summed E-state index contributed by atoms with van der Waals surface area (Å²) in [5.41, 5.74) is 0. The summed E-state index contributed by atoms with van der Waals surface area (Å²) >= 11 is 0. The van der Waals surface area contributed by atoms with Crippen molar-refractivity contribution in [2.75, 3.05) is 26.7 Å². The van der Waals surface area contributed by atoms with Crippen LogP contribution in [-0.4, -0.2) is 49.4 Å². The second kappa shape index (κ2) is 10.0. The van der Waals surface area contributed by atoms with Gasteiger partial charge < -0.3 is 15.5 Å². The van der Waals surface area contributed by atoms with E-state index in [1.165, 1.54) is 12.8 Å². The van der Waals surface area contributed by atoms with Crippen LogP contribution in [0.4, 0.5) is 0 Å². The third-order valence-electron chi connectivity index (χ3n) is 5.62. The highest BCUT2D eigenvalue weighted by molar-refractivity contribution is 5.81. The summed E-state index contributed by atoms with van der Waals surface area (Å²) < 4.78 is 0. The van der Waals surface area contributed by atoms with Crippen LogP contribution in [0.2, 0.25) is 0 Å². The van der Waals surface area contributed by atoms with Gasteiger partial charge >= 0.3 is 0 Å². The number of amides is 2. The van der Waals surface area contributed by atoms with Gasteiger partial charge in [0.1, 0.15) is 0 Å². The van der Waals surface area contributed by atoms with Crippen molar-refractivity contribution in [1.82, 2.24) is 15.5 Å². The number of carbonyl (C=O) groups excluding carboxylic acids is 2. The molecule has 5 heteroatoms. The van der Waals surface area contributed by atoms with Gasteiger partial charge in [0.15, 0.2) is 0 Å². The minimum Gasteiger partial charge on any atom is -0.353 e. The minimum absolute atomic E-state index is 0.0612. The van der Waals surface area contributed by atoms with Crippen molar-refractivity contribution < 1.29 is 9.59 Å². The molecule has 1 unspecified atom stereocenters. The Bertz CT molecular complexity index is 399. The molecule has 1 heterocycles. The molecule has 0 spiro atoms. The summed E-state index contributed by atoms with van der Waals surface area (Å²) in [6.07, 6.45) is 9.43. The van der Waals surface area contributed by atoms with Gasteiger partial charge in [0, 0.05) is 31.5 Å². The summed E-state index contributed by atoms with van der Waals surface area (Å²) in [6.45, 7) is 4.76. The molecular formula is C19H35N3O2. The highest BCUT2D eigenvalue weighted by Crippen LogP contribution is 2.24. The fourth-order valence-electron chi connectivity index (χ4n) is 3.99. The van der Waals surface area contributed by atoms with E-state index in [0.29, 0.717) is 6.42 Å². The fourth-order valence-corrected chi connectivity index (χ4v) is 3.99. The molecule has 0 aromatic carbocycles. The molecule has 1 saturated carbocycles. The smallest absolute Gasteiger partial charge is 0.224 e. The number of hydrogen-bond donors (Lipinski definition) is 2. The average molecular weight is 338 g/mol. The van der Waals surface area contributed by atoms with Gasteiger partial charge in [0.2, 0.25) is 11.8 Å². The predicted octanol–water partition coefficient (Wildman–Crippen LogP) is 2.31. The number of rotatable bonds is 7. The topological polar surface area (TPSA) is 61.4 Å². The van der Waals surface area contributed by atoms with Crippen molar-refractivity contribution in [3.05, 3.63) is 0 Å². The lowest BCUT2D eigenvalue weighted by molar-refractivity contribution is -0.133. The van der Waals surface area contributed by atoms with E-state index < -0.39 is 0 Å². The second-order valence-corrected chi connectivity index (χ2v) is 7.67. The van der Waals surface area contributed by atoms with Gasteiger partial charge in [-0.2, -0.15) is 0 Å². The van der Waals surface area contributed by atoms with Gasteiger partial charge in [-0.25, -0.2) is 0 Å². The molecule has 1 atom stereocenters. The Labute approximate surface area is 146 Å². The highest BCUT2D eigenvalue weighted by Gasteiger charge is 2.26. The van der Waals surface area contributed by atoms with Crippen molar-refractivity contribution >= 4 is 11.8 Å². The molecule has 2 aliphatic rings. The third kappa shape index (κ3) is 6.08. The maximum absolute atomic E-state index is 12.4. The standard InChI is InChI=1S/C19H35N3O2/c1-15(21-19(24)17-6-4-3-5-7-17)14-18(23)22-12-9-16(10-13-22)8-11-20-2/h15-17,20H,3-14H2,1-2H3,(H,21,24). The normalized spacial score (nSPS) is 21.5. The summed E-state index contributed by atoms with van der Waals surface area (Å²) in [4.78, 5) is 26.7. The van der Waals surface area contributed by atoms with E-state index in [1.54, 1.807) is 0 Å². The van der Waals surface area contributed by atoms with Gasteiger partial charge in [0.25, 0.3) is 0 Å². The van der Waals surface area contributed by atoms with Gasteiger partial charge in [-0.15, -0.1) is 0 Å². The number of carbonyl (C=O) groups is 2. The maximum atomic E-state index is 12.4. The molecule has 0 radical (unpaired) electrons. The third-order valence-corrected chi connectivity index (χ3v) is 5.62. The Balaban J connectivity index is 1.67. The van der Waals surface area contributed by atoms with Crippen LogP contribution in [0.5, 0.6) is 0 Å². The van der Waals surface area contributed by atoms with E-state index in [0.717, 1.165) is 64.1 Å². The van der Waals surface area contributed by atoms with E-state index in [4.69, 9.17) is 0 Å². The maximum Gasteiger partial charge on any atom is 0.224 e. The van der Waals surface area contributed by atoms with E-state index >= 15 is 0 Å². The van der Waals surface area contributed by atoms with Crippen LogP contribution in [-0.2, 0) is 9.59 Å². The molecule has 0 aromatic heterocycles. The first kappa shape index (κ1) is 19.2. The lowest BCUT2D eigenvalue weighted by atomic mass is 9.88. The van der Waals surface area contributed by atoms with E-state index in [9.17, 15) is 9.59 Å². The average Bonchev–Trinajstić information content (AvgIpc) is 2.61. The van der Waals surface area contributed by atoms with Gasteiger partial charge in [-0.1, -0.05) is 19.3 Å².